The van der Waals surface area contributed by atoms with Crippen molar-refractivity contribution in [1.29, 1.82) is 0 Å². The predicted octanol–water partition coefficient (Wildman–Crippen LogP) is 2.09. The van der Waals surface area contributed by atoms with E-state index in [-0.39, 0.29) is 27.1 Å². The number of phenolic OH excluding ortho intramolecular Hbond substituents is 1. The lowest BCUT2D eigenvalue weighted by Gasteiger charge is -2.13. The summed E-state index contributed by atoms with van der Waals surface area (Å²) >= 11 is 0.235. The highest BCUT2D eigenvalue weighted by atomic mass is 27.1. The molecule has 0 amide bonds. The fourth-order valence-electron chi connectivity index (χ4n) is 1.20. The van der Waals surface area contributed by atoms with Gasteiger partial charge in [0.25, 0.3) is 0 Å². The number of hydrogen-bond donors (Lipinski definition) is 2. The average molecular weight is 195 g/mol. The minimum Gasteiger partial charge on any atom is -0.508 e. The van der Waals surface area contributed by atoms with Crippen LogP contribution < -0.4 is 0 Å². The van der Waals surface area contributed by atoms with Gasteiger partial charge < -0.3 is 5.11 Å². The third-order valence-corrected chi connectivity index (χ3v) is 2.76. The Bertz CT molecular complexity index is 265. The number of rotatable bonds is 4. The summed E-state index contributed by atoms with van der Waals surface area (Å²) in [5.74, 6) is 2.25. The molecule has 0 heterocycles. The molecule has 0 saturated heterocycles. The topological polar surface area (TPSA) is 49.7 Å². The van der Waals surface area contributed by atoms with Crippen molar-refractivity contribution < 1.29 is 15.3 Å². The molecule has 1 atom stereocenters. The molecule has 13 heavy (non-hydrogen) atoms. The van der Waals surface area contributed by atoms with Gasteiger partial charge in [-0.1, -0.05) is 23.5 Å². The van der Waals surface area contributed by atoms with Crippen LogP contribution in [0.2, 0.25) is 11.1 Å². The highest BCUT2D eigenvalue weighted by molar-refractivity contribution is 6.33. The van der Waals surface area contributed by atoms with E-state index in [1.54, 1.807) is 18.2 Å². The van der Waals surface area contributed by atoms with Crippen LogP contribution in [0.4, 0.5) is 0 Å². The van der Waals surface area contributed by atoms with E-state index in [1.807, 2.05) is 6.07 Å². The van der Waals surface area contributed by atoms with E-state index in [0.717, 1.165) is 5.28 Å². The smallest absolute Gasteiger partial charge is 0.200 e. The quantitative estimate of drug-likeness (QED) is 0.439. The van der Waals surface area contributed by atoms with Crippen LogP contribution in [-0.2, 0) is 4.89 Å². The molecule has 2 N–H and O–H groups in total. The zero-order chi connectivity index (χ0) is 9.68. The molecule has 3 nitrogen and oxygen atoms in total. The minimum atomic E-state index is -0.388. The Hall–Kier alpha value is -0.528. The molecule has 1 aromatic rings. The molecule has 1 unspecified atom stereocenters. The number of benzene rings is 1. The molecular formula is C9H12AlO3. The SMILES string of the molecule is [CH3][Al][CH2]C(OO)c1ccccc1O. The van der Waals surface area contributed by atoms with Crippen LogP contribution in [0, 0.1) is 0 Å². The maximum atomic E-state index is 9.46. The van der Waals surface area contributed by atoms with E-state index in [1.165, 1.54) is 0 Å². The van der Waals surface area contributed by atoms with Crippen LogP contribution in [0.25, 0.3) is 0 Å². The zero-order valence-corrected chi connectivity index (χ0v) is 8.63. The average Bonchev–Trinajstić information content (AvgIpc) is 2.16. The Kier molecular flexibility index (Phi) is 4.27. The van der Waals surface area contributed by atoms with E-state index in [4.69, 9.17) is 5.26 Å². The normalized spacial score (nSPS) is 12.5. The summed E-state index contributed by atoms with van der Waals surface area (Å²) in [5.41, 5.74) is 0.652. The molecule has 4 heteroatoms. The van der Waals surface area contributed by atoms with Gasteiger partial charge in [0.1, 0.15) is 11.9 Å². The van der Waals surface area contributed by atoms with Gasteiger partial charge in [-0.3, -0.25) is 5.26 Å². The lowest BCUT2D eigenvalue weighted by Crippen LogP contribution is -2.03. The second-order valence-electron chi connectivity index (χ2n) is 2.80. The van der Waals surface area contributed by atoms with Crippen molar-refractivity contribution in [2.75, 3.05) is 0 Å². The molecule has 0 spiro atoms. The van der Waals surface area contributed by atoms with Crippen LogP contribution >= 0.6 is 0 Å². The van der Waals surface area contributed by atoms with Gasteiger partial charge in [0, 0.05) is 5.56 Å². The second kappa shape index (κ2) is 5.26. The molecular weight excluding hydrogens is 183 g/mol. The van der Waals surface area contributed by atoms with Crippen LogP contribution in [0.1, 0.15) is 11.7 Å². The van der Waals surface area contributed by atoms with Crippen LogP contribution in [0.5, 0.6) is 5.75 Å². The van der Waals surface area contributed by atoms with Crippen LogP contribution in [0.15, 0.2) is 24.3 Å². The first-order valence-corrected chi connectivity index (χ1v) is 6.12. The standard InChI is InChI=1S/C8H9O3.CH3.Al/c1-6(11-10)7-4-2-3-5-8(7)9;;/h2-6,9-10H,1H2;1H3;. The van der Waals surface area contributed by atoms with E-state index in [9.17, 15) is 5.11 Å². The molecule has 0 aliphatic rings. The number of phenols is 1. The van der Waals surface area contributed by atoms with E-state index >= 15 is 0 Å². The largest absolute Gasteiger partial charge is 0.508 e. The molecule has 0 saturated carbocycles. The molecule has 1 rings (SSSR count). The molecule has 1 radical (unpaired) electrons. The number of para-hydroxylation sites is 1. The first-order chi connectivity index (χ1) is 6.29. The third kappa shape index (κ3) is 2.71. The number of hydrogen-bond acceptors (Lipinski definition) is 3. The van der Waals surface area contributed by atoms with Gasteiger partial charge in [-0.25, -0.2) is 4.89 Å². The van der Waals surface area contributed by atoms with E-state index in [2.05, 4.69) is 10.7 Å². The van der Waals surface area contributed by atoms with Gasteiger partial charge in [0.05, 0.1) is 0 Å². The molecule has 69 valence electrons. The van der Waals surface area contributed by atoms with Crippen molar-refractivity contribution in [2.45, 2.75) is 17.2 Å². The van der Waals surface area contributed by atoms with Gasteiger partial charge in [0.15, 0.2) is 0 Å². The Balaban J connectivity index is 2.84. The van der Waals surface area contributed by atoms with Gasteiger partial charge >= 0.3 is 0 Å². The van der Waals surface area contributed by atoms with E-state index < -0.39 is 0 Å². The molecule has 0 aliphatic heterocycles. The maximum Gasteiger partial charge on any atom is 0.200 e. The Morgan fingerprint density at radius 3 is 2.69 bits per heavy atom. The summed E-state index contributed by atoms with van der Waals surface area (Å²) in [6, 6.07) is 6.90. The summed E-state index contributed by atoms with van der Waals surface area (Å²) < 4.78 is 0. The van der Waals surface area contributed by atoms with Gasteiger partial charge in [-0.2, -0.15) is 0 Å². The first kappa shape index (κ1) is 10.6. The molecule has 1 aromatic carbocycles. The monoisotopic (exact) mass is 195 g/mol. The molecule has 0 bridgehead atoms. The molecule has 0 aromatic heterocycles. The van der Waals surface area contributed by atoms with Gasteiger partial charge in [-0.05, 0) is 6.07 Å². The summed E-state index contributed by atoms with van der Waals surface area (Å²) in [4.78, 5) is 4.32. The van der Waals surface area contributed by atoms with Crippen molar-refractivity contribution in [3.05, 3.63) is 29.8 Å². The fraction of sp³-hybridized carbons (Fsp3) is 0.333. The van der Waals surface area contributed by atoms with Gasteiger partial charge in [-0.15, -0.1) is 5.79 Å². The summed E-state index contributed by atoms with van der Waals surface area (Å²) in [6.45, 7) is 0. The number of aromatic hydroxyl groups is 1. The summed E-state index contributed by atoms with van der Waals surface area (Å²) in [7, 11) is 0. The lowest BCUT2D eigenvalue weighted by molar-refractivity contribution is -0.277. The first-order valence-electron chi connectivity index (χ1n) is 4.15. The fourth-order valence-corrected chi connectivity index (χ4v) is 1.97. The summed E-state index contributed by atoms with van der Waals surface area (Å²) in [5, 5.41) is 18.9. The van der Waals surface area contributed by atoms with Crippen molar-refractivity contribution in [2.24, 2.45) is 0 Å². The third-order valence-electron chi connectivity index (χ3n) is 1.86. The zero-order valence-electron chi connectivity index (χ0n) is 7.47. The Morgan fingerprint density at radius 2 is 2.15 bits per heavy atom. The van der Waals surface area contributed by atoms with E-state index in [0.29, 0.717) is 5.56 Å². The van der Waals surface area contributed by atoms with Crippen molar-refractivity contribution >= 4 is 15.2 Å². The van der Waals surface area contributed by atoms with Crippen LogP contribution in [0.3, 0.4) is 0 Å². The predicted molar refractivity (Wildman–Crippen MR) is 51.0 cm³/mol. The minimum absolute atomic E-state index is 0.175. The van der Waals surface area contributed by atoms with Crippen molar-refractivity contribution in [1.82, 2.24) is 0 Å². The van der Waals surface area contributed by atoms with Crippen molar-refractivity contribution in [3.8, 4) is 5.75 Å². The van der Waals surface area contributed by atoms with Gasteiger partial charge in [0.2, 0.25) is 15.2 Å². The lowest BCUT2D eigenvalue weighted by atomic mass is 10.1. The highest BCUT2D eigenvalue weighted by Gasteiger charge is 2.14. The Morgan fingerprint density at radius 1 is 1.46 bits per heavy atom. The molecule has 0 fully saturated rings. The molecule has 0 aliphatic carbocycles. The summed E-state index contributed by atoms with van der Waals surface area (Å²) in [6.07, 6.45) is -0.388. The van der Waals surface area contributed by atoms with Crippen molar-refractivity contribution in [3.63, 3.8) is 0 Å². The van der Waals surface area contributed by atoms with Crippen LogP contribution in [-0.4, -0.2) is 25.6 Å². The Labute approximate surface area is 83.6 Å². The highest BCUT2D eigenvalue weighted by Crippen LogP contribution is 2.28. The maximum absolute atomic E-state index is 9.46. The second-order valence-corrected chi connectivity index (χ2v) is 4.08.